The third-order valence-corrected chi connectivity index (χ3v) is 4.77. The molecule has 0 bridgehead atoms. The molecule has 2 aromatic rings. The van der Waals surface area contributed by atoms with E-state index in [1.165, 1.54) is 6.07 Å². The zero-order chi connectivity index (χ0) is 14.0. The Kier molecular flexibility index (Phi) is 4.76. The van der Waals surface area contributed by atoms with E-state index in [1.54, 1.807) is 12.1 Å². The lowest BCUT2D eigenvalue weighted by Gasteiger charge is -2.13. The molecular weight excluding hydrogens is 375 g/mol. The molecule has 0 saturated carbocycles. The number of aryl methyl sites for hydroxylation is 1. The Balaban J connectivity index is 2.23. The summed E-state index contributed by atoms with van der Waals surface area (Å²) in [6.07, 6.45) is -0.289. The summed E-state index contributed by atoms with van der Waals surface area (Å²) < 4.78 is 14.8. The van der Waals surface area contributed by atoms with Crippen LogP contribution in [0.2, 0.25) is 0 Å². The Labute approximate surface area is 128 Å². The van der Waals surface area contributed by atoms with Crippen LogP contribution in [0.3, 0.4) is 0 Å². The molecule has 0 spiro atoms. The van der Waals surface area contributed by atoms with Crippen molar-refractivity contribution >= 4 is 31.9 Å². The van der Waals surface area contributed by atoms with E-state index in [-0.39, 0.29) is 5.82 Å². The van der Waals surface area contributed by atoms with Crippen LogP contribution in [0.1, 0.15) is 22.8 Å². The second-order valence-corrected chi connectivity index (χ2v) is 6.09. The number of aliphatic hydroxyl groups is 1. The van der Waals surface area contributed by atoms with Crippen molar-refractivity contribution in [3.63, 3.8) is 0 Å². The Morgan fingerprint density at radius 3 is 2.63 bits per heavy atom. The van der Waals surface area contributed by atoms with Crippen LogP contribution in [0.5, 0.6) is 0 Å². The molecule has 0 fully saturated rings. The van der Waals surface area contributed by atoms with Crippen molar-refractivity contribution in [2.75, 3.05) is 0 Å². The third kappa shape index (κ3) is 3.44. The van der Waals surface area contributed by atoms with Gasteiger partial charge in [-0.2, -0.15) is 0 Å². The van der Waals surface area contributed by atoms with E-state index in [9.17, 15) is 9.50 Å². The molecule has 1 unspecified atom stereocenters. The van der Waals surface area contributed by atoms with Gasteiger partial charge < -0.3 is 5.11 Å². The molecule has 0 aromatic heterocycles. The predicted octanol–water partition coefficient (Wildman–Crippen LogP) is 4.94. The van der Waals surface area contributed by atoms with E-state index in [0.29, 0.717) is 10.9 Å². The summed E-state index contributed by atoms with van der Waals surface area (Å²) in [7, 11) is 0. The topological polar surface area (TPSA) is 20.2 Å². The highest BCUT2D eigenvalue weighted by Crippen LogP contribution is 2.28. The van der Waals surface area contributed by atoms with Gasteiger partial charge in [-0.25, -0.2) is 4.39 Å². The number of benzene rings is 2. The molecule has 19 heavy (non-hydrogen) atoms. The first-order valence-corrected chi connectivity index (χ1v) is 7.44. The molecule has 1 N–H and O–H groups in total. The van der Waals surface area contributed by atoms with Crippen molar-refractivity contribution in [1.82, 2.24) is 0 Å². The molecule has 2 rings (SSSR count). The molecule has 4 heteroatoms. The van der Waals surface area contributed by atoms with Gasteiger partial charge in [0.1, 0.15) is 5.82 Å². The van der Waals surface area contributed by atoms with E-state index in [4.69, 9.17) is 0 Å². The SMILES string of the molecule is Cc1ccc(C(O)Cc2cccc(F)c2Br)cc1Br. The lowest BCUT2D eigenvalue weighted by molar-refractivity contribution is 0.178. The van der Waals surface area contributed by atoms with Gasteiger partial charge in [0.15, 0.2) is 0 Å². The normalized spacial score (nSPS) is 12.5. The molecule has 0 heterocycles. The highest BCUT2D eigenvalue weighted by Gasteiger charge is 2.13. The van der Waals surface area contributed by atoms with Crippen molar-refractivity contribution in [2.24, 2.45) is 0 Å². The fraction of sp³-hybridized carbons (Fsp3) is 0.200. The van der Waals surface area contributed by atoms with Gasteiger partial charge >= 0.3 is 0 Å². The summed E-state index contributed by atoms with van der Waals surface area (Å²) in [4.78, 5) is 0. The molecule has 0 amide bonds. The van der Waals surface area contributed by atoms with Gasteiger partial charge in [-0.3, -0.25) is 0 Å². The largest absolute Gasteiger partial charge is 0.388 e. The van der Waals surface area contributed by atoms with Crippen molar-refractivity contribution in [1.29, 1.82) is 0 Å². The van der Waals surface area contributed by atoms with E-state index in [2.05, 4.69) is 31.9 Å². The van der Waals surface area contributed by atoms with Crippen LogP contribution in [0.15, 0.2) is 45.3 Å². The summed E-state index contributed by atoms with van der Waals surface area (Å²) in [5.74, 6) is -0.310. The Morgan fingerprint density at radius 2 is 1.95 bits per heavy atom. The average molecular weight is 388 g/mol. The minimum atomic E-state index is -0.657. The molecule has 100 valence electrons. The van der Waals surface area contributed by atoms with Crippen LogP contribution in [-0.2, 0) is 6.42 Å². The lowest BCUT2D eigenvalue weighted by Crippen LogP contribution is -2.03. The number of rotatable bonds is 3. The third-order valence-electron chi connectivity index (χ3n) is 3.03. The molecule has 1 nitrogen and oxygen atoms in total. The first-order chi connectivity index (χ1) is 8.99. The maximum atomic E-state index is 13.4. The molecule has 2 aromatic carbocycles. The van der Waals surface area contributed by atoms with E-state index in [1.807, 2.05) is 25.1 Å². The summed E-state index contributed by atoms with van der Waals surface area (Å²) in [5, 5.41) is 10.2. The standard InChI is InChI=1S/C15H13Br2FO/c1-9-5-6-10(7-12(9)16)14(19)8-11-3-2-4-13(18)15(11)17/h2-7,14,19H,8H2,1H3. The zero-order valence-electron chi connectivity index (χ0n) is 10.3. The van der Waals surface area contributed by atoms with Crippen LogP contribution < -0.4 is 0 Å². The van der Waals surface area contributed by atoms with Crippen LogP contribution >= 0.6 is 31.9 Å². The van der Waals surface area contributed by atoms with Gasteiger partial charge in [0.05, 0.1) is 10.6 Å². The highest BCUT2D eigenvalue weighted by molar-refractivity contribution is 9.10. The van der Waals surface area contributed by atoms with Crippen molar-refractivity contribution in [3.8, 4) is 0 Å². The first kappa shape index (κ1) is 14.7. The van der Waals surface area contributed by atoms with Gasteiger partial charge in [0, 0.05) is 10.9 Å². The summed E-state index contributed by atoms with van der Waals surface area (Å²) in [6.45, 7) is 1.99. The molecule has 0 radical (unpaired) electrons. The molecule has 1 atom stereocenters. The van der Waals surface area contributed by atoms with Crippen molar-refractivity contribution in [3.05, 3.63) is 67.9 Å². The first-order valence-electron chi connectivity index (χ1n) is 5.86. The Hall–Kier alpha value is -0.710. The van der Waals surface area contributed by atoms with Crippen molar-refractivity contribution in [2.45, 2.75) is 19.4 Å². The summed E-state index contributed by atoms with van der Waals surface area (Å²) in [5.41, 5.74) is 2.68. The predicted molar refractivity (Wildman–Crippen MR) is 81.6 cm³/mol. The summed E-state index contributed by atoms with van der Waals surface area (Å²) in [6, 6.07) is 10.6. The molecule has 0 aliphatic heterocycles. The van der Waals surface area contributed by atoms with Gasteiger partial charge in [0.2, 0.25) is 0 Å². The lowest BCUT2D eigenvalue weighted by atomic mass is 10.0. The molecule has 0 saturated heterocycles. The highest BCUT2D eigenvalue weighted by atomic mass is 79.9. The van der Waals surface area contributed by atoms with E-state index in [0.717, 1.165) is 21.2 Å². The second kappa shape index (κ2) is 6.16. The number of hydrogen-bond acceptors (Lipinski definition) is 1. The maximum Gasteiger partial charge on any atom is 0.137 e. The van der Waals surface area contributed by atoms with Crippen LogP contribution in [-0.4, -0.2) is 5.11 Å². The van der Waals surface area contributed by atoms with E-state index >= 15 is 0 Å². The fourth-order valence-electron chi connectivity index (χ4n) is 1.85. The number of aliphatic hydroxyl groups excluding tert-OH is 1. The minimum absolute atomic E-state index is 0.310. The quantitative estimate of drug-likeness (QED) is 0.791. The smallest absolute Gasteiger partial charge is 0.137 e. The number of halogens is 3. The molecular formula is C15H13Br2FO. The van der Waals surface area contributed by atoms with Crippen molar-refractivity contribution < 1.29 is 9.50 Å². The average Bonchev–Trinajstić information content (AvgIpc) is 2.38. The summed E-state index contributed by atoms with van der Waals surface area (Å²) >= 11 is 6.66. The van der Waals surface area contributed by atoms with Gasteiger partial charge in [-0.1, -0.05) is 40.2 Å². The van der Waals surface area contributed by atoms with Crippen LogP contribution in [0.25, 0.3) is 0 Å². The Bertz CT molecular complexity index is 599. The Morgan fingerprint density at radius 1 is 1.21 bits per heavy atom. The molecule has 0 aliphatic rings. The minimum Gasteiger partial charge on any atom is -0.388 e. The monoisotopic (exact) mass is 386 g/mol. The van der Waals surface area contributed by atoms with Gasteiger partial charge in [-0.05, 0) is 51.7 Å². The van der Waals surface area contributed by atoms with Gasteiger partial charge in [-0.15, -0.1) is 0 Å². The molecule has 0 aliphatic carbocycles. The van der Waals surface area contributed by atoms with Crippen LogP contribution in [0.4, 0.5) is 4.39 Å². The number of hydrogen-bond donors (Lipinski definition) is 1. The van der Waals surface area contributed by atoms with E-state index < -0.39 is 6.10 Å². The van der Waals surface area contributed by atoms with Crippen LogP contribution in [0, 0.1) is 12.7 Å². The fourth-order valence-corrected chi connectivity index (χ4v) is 2.67. The van der Waals surface area contributed by atoms with Gasteiger partial charge in [0.25, 0.3) is 0 Å². The zero-order valence-corrected chi connectivity index (χ0v) is 13.5. The second-order valence-electron chi connectivity index (χ2n) is 4.44. The maximum absolute atomic E-state index is 13.4.